The summed E-state index contributed by atoms with van der Waals surface area (Å²) in [6, 6.07) is 4.51. The van der Waals surface area contributed by atoms with Crippen molar-refractivity contribution < 1.29 is 9.18 Å². The third-order valence-corrected chi connectivity index (χ3v) is 4.81. The molecule has 0 aliphatic heterocycles. The van der Waals surface area contributed by atoms with Crippen molar-refractivity contribution in [3.63, 3.8) is 0 Å². The molecule has 102 valence electrons. The molecular weight excluding hydrogens is 241 g/mol. The first-order valence-electron chi connectivity index (χ1n) is 7.18. The third kappa shape index (κ3) is 2.65. The first kappa shape index (κ1) is 12.6. The molecule has 0 heterocycles. The average molecular weight is 261 g/mol. The number of fused-ring (bicyclic) bond motifs is 2. The van der Waals surface area contributed by atoms with Crippen LogP contribution in [0.3, 0.4) is 0 Å². The van der Waals surface area contributed by atoms with E-state index in [0.29, 0.717) is 18.0 Å². The second-order valence-corrected chi connectivity index (χ2v) is 6.15. The lowest BCUT2D eigenvalue weighted by atomic mass is 9.86. The van der Waals surface area contributed by atoms with E-state index in [9.17, 15) is 9.18 Å². The predicted molar refractivity (Wildman–Crippen MR) is 73.3 cm³/mol. The number of aryl methyl sites for hydroxylation is 1. The van der Waals surface area contributed by atoms with Crippen molar-refractivity contribution in [2.45, 2.75) is 39.0 Å². The van der Waals surface area contributed by atoms with Crippen molar-refractivity contribution in [3.8, 4) is 0 Å². The number of anilines is 1. The van der Waals surface area contributed by atoms with E-state index >= 15 is 0 Å². The van der Waals surface area contributed by atoms with Gasteiger partial charge < -0.3 is 5.32 Å². The van der Waals surface area contributed by atoms with Crippen LogP contribution in [0, 0.1) is 30.5 Å². The van der Waals surface area contributed by atoms with Crippen LogP contribution in [0.25, 0.3) is 0 Å². The van der Waals surface area contributed by atoms with Gasteiger partial charge in [0.15, 0.2) is 0 Å². The molecule has 0 radical (unpaired) electrons. The molecule has 1 N–H and O–H groups in total. The highest BCUT2D eigenvalue weighted by atomic mass is 19.1. The molecule has 1 aromatic rings. The van der Waals surface area contributed by atoms with Crippen molar-refractivity contribution in [1.29, 1.82) is 0 Å². The van der Waals surface area contributed by atoms with Crippen molar-refractivity contribution in [1.82, 2.24) is 0 Å². The number of carbonyl (C=O) groups is 1. The van der Waals surface area contributed by atoms with Crippen LogP contribution < -0.4 is 5.32 Å². The van der Waals surface area contributed by atoms with Gasteiger partial charge in [-0.15, -0.1) is 0 Å². The van der Waals surface area contributed by atoms with Crippen LogP contribution in [0.2, 0.25) is 0 Å². The number of benzene rings is 1. The summed E-state index contributed by atoms with van der Waals surface area (Å²) in [6.45, 7) is 1.88. The van der Waals surface area contributed by atoms with E-state index in [4.69, 9.17) is 0 Å². The molecule has 3 rings (SSSR count). The number of halogens is 1. The molecule has 1 aromatic carbocycles. The smallest absolute Gasteiger partial charge is 0.224 e. The fourth-order valence-corrected chi connectivity index (χ4v) is 3.79. The number of hydrogen-bond acceptors (Lipinski definition) is 1. The number of hydrogen-bond donors (Lipinski definition) is 1. The molecule has 1 amide bonds. The lowest BCUT2D eigenvalue weighted by Crippen LogP contribution is -2.20. The first-order chi connectivity index (χ1) is 9.11. The maximum Gasteiger partial charge on any atom is 0.224 e. The van der Waals surface area contributed by atoms with Crippen LogP contribution in [-0.4, -0.2) is 5.91 Å². The Bertz CT molecular complexity index is 500. The summed E-state index contributed by atoms with van der Waals surface area (Å²) in [6.07, 6.45) is 5.77. The molecule has 2 aliphatic carbocycles. The Balaban J connectivity index is 1.61. The van der Waals surface area contributed by atoms with Gasteiger partial charge in [0.05, 0.1) is 0 Å². The van der Waals surface area contributed by atoms with Crippen LogP contribution in [-0.2, 0) is 4.79 Å². The van der Waals surface area contributed by atoms with Gasteiger partial charge in [-0.2, -0.15) is 0 Å². The SMILES string of the molecule is Cc1ccc(F)cc1NC(=O)C[C@H]1C[C@@H]2CC[C@@H]1C2. The molecule has 2 bridgehead atoms. The highest BCUT2D eigenvalue weighted by molar-refractivity contribution is 5.91. The third-order valence-electron chi connectivity index (χ3n) is 4.81. The van der Waals surface area contributed by atoms with Crippen molar-refractivity contribution in [3.05, 3.63) is 29.6 Å². The Hall–Kier alpha value is -1.38. The number of amides is 1. The summed E-state index contributed by atoms with van der Waals surface area (Å²) >= 11 is 0. The minimum atomic E-state index is -0.305. The second-order valence-electron chi connectivity index (χ2n) is 6.15. The highest BCUT2D eigenvalue weighted by Gasteiger charge is 2.40. The highest BCUT2D eigenvalue weighted by Crippen LogP contribution is 2.49. The standard InChI is InChI=1S/C16H20FNO/c1-10-2-5-14(17)9-15(10)18-16(19)8-13-7-11-3-4-12(13)6-11/h2,5,9,11-13H,3-4,6-8H2,1H3,(H,18,19)/t11-,12-,13-/m1/s1. The zero-order valence-electron chi connectivity index (χ0n) is 11.3. The van der Waals surface area contributed by atoms with Crippen LogP contribution in [0.5, 0.6) is 0 Å². The Kier molecular flexibility index (Phi) is 3.29. The van der Waals surface area contributed by atoms with Gasteiger partial charge in [-0.1, -0.05) is 12.5 Å². The zero-order chi connectivity index (χ0) is 13.4. The fourth-order valence-electron chi connectivity index (χ4n) is 3.79. The van der Waals surface area contributed by atoms with E-state index in [1.807, 2.05) is 6.92 Å². The summed E-state index contributed by atoms with van der Waals surface area (Å²) in [5.41, 5.74) is 1.51. The quantitative estimate of drug-likeness (QED) is 0.878. The second kappa shape index (κ2) is 4.95. The zero-order valence-corrected chi connectivity index (χ0v) is 11.3. The van der Waals surface area contributed by atoms with Crippen LogP contribution in [0.1, 0.15) is 37.7 Å². The number of rotatable bonds is 3. The molecule has 2 nitrogen and oxygen atoms in total. The molecule has 2 fully saturated rings. The monoisotopic (exact) mass is 261 g/mol. The summed E-state index contributed by atoms with van der Waals surface area (Å²) in [4.78, 5) is 12.1. The largest absolute Gasteiger partial charge is 0.326 e. The molecule has 0 unspecified atom stereocenters. The summed E-state index contributed by atoms with van der Waals surface area (Å²) in [5.74, 6) is 1.89. The predicted octanol–water partition coefficient (Wildman–Crippen LogP) is 3.90. The van der Waals surface area contributed by atoms with Gasteiger partial charge >= 0.3 is 0 Å². The molecule has 19 heavy (non-hydrogen) atoms. The Morgan fingerprint density at radius 3 is 2.89 bits per heavy atom. The molecule has 3 heteroatoms. The van der Waals surface area contributed by atoms with Gasteiger partial charge in [-0.3, -0.25) is 4.79 Å². The topological polar surface area (TPSA) is 29.1 Å². The lowest BCUT2D eigenvalue weighted by molar-refractivity contribution is -0.117. The van der Waals surface area contributed by atoms with Gasteiger partial charge in [0, 0.05) is 12.1 Å². The van der Waals surface area contributed by atoms with E-state index in [2.05, 4.69) is 5.32 Å². The molecule has 2 saturated carbocycles. The van der Waals surface area contributed by atoms with E-state index < -0.39 is 0 Å². The maximum atomic E-state index is 13.2. The Labute approximate surface area is 113 Å². The number of nitrogens with one attached hydrogen (secondary N) is 1. The van der Waals surface area contributed by atoms with Crippen LogP contribution in [0.4, 0.5) is 10.1 Å². The van der Waals surface area contributed by atoms with Gasteiger partial charge in [0.2, 0.25) is 5.91 Å². The average Bonchev–Trinajstić information content (AvgIpc) is 2.96. The van der Waals surface area contributed by atoms with E-state index in [1.54, 1.807) is 6.07 Å². The summed E-state index contributed by atoms with van der Waals surface area (Å²) in [7, 11) is 0. The minimum Gasteiger partial charge on any atom is -0.326 e. The van der Waals surface area contributed by atoms with Crippen molar-refractivity contribution in [2.75, 3.05) is 5.32 Å². The normalized spacial score (nSPS) is 28.6. The molecular formula is C16H20FNO. The Morgan fingerprint density at radius 1 is 1.37 bits per heavy atom. The van der Waals surface area contributed by atoms with Crippen LogP contribution in [0.15, 0.2) is 18.2 Å². The van der Waals surface area contributed by atoms with Gasteiger partial charge in [0.25, 0.3) is 0 Å². The number of carbonyl (C=O) groups excluding carboxylic acids is 1. The molecule has 0 spiro atoms. The maximum absolute atomic E-state index is 13.2. The molecule has 3 atom stereocenters. The lowest BCUT2D eigenvalue weighted by Gasteiger charge is -2.21. The minimum absolute atomic E-state index is 0.0336. The van der Waals surface area contributed by atoms with E-state index in [1.165, 1.54) is 37.8 Å². The fraction of sp³-hybridized carbons (Fsp3) is 0.562. The van der Waals surface area contributed by atoms with Gasteiger partial charge in [0.1, 0.15) is 5.82 Å². The van der Waals surface area contributed by atoms with Crippen molar-refractivity contribution >= 4 is 11.6 Å². The van der Waals surface area contributed by atoms with E-state index in [-0.39, 0.29) is 11.7 Å². The van der Waals surface area contributed by atoms with Gasteiger partial charge in [-0.25, -0.2) is 4.39 Å². The molecule has 2 aliphatic rings. The molecule has 0 saturated heterocycles. The summed E-state index contributed by atoms with van der Waals surface area (Å²) in [5, 5.41) is 2.86. The Morgan fingerprint density at radius 2 is 2.21 bits per heavy atom. The van der Waals surface area contributed by atoms with E-state index in [0.717, 1.165) is 17.4 Å². The van der Waals surface area contributed by atoms with Crippen LogP contribution >= 0.6 is 0 Å². The van der Waals surface area contributed by atoms with Crippen molar-refractivity contribution in [2.24, 2.45) is 17.8 Å². The van der Waals surface area contributed by atoms with Gasteiger partial charge in [-0.05, 0) is 61.6 Å². The first-order valence-corrected chi connectivity index (χ1v) is 7.18. The summed E-state index contributed by atoms with van der Waals surface area (Å²) < 4.78 is 13.2. The molecule has 0 aromatic heterocycles.